The number of hydrogen-bond acceptors (Lipinski definition) is 4. The second-order valence-corrected chi connectivity index (χ2v) is 10.4. The van der Waals surface area contributed by atoms with E-state index in [1.807, 2.05) is 30.3 Å². The standard InChI is InChI=1S/C24H15BrI2N2O4/c25-16-4-8-18(9-5-16)29-23(31)19(22(30)28-24(29)32)11-15-3-10-21(20(27)12-15)33-13-14-1-6-17(26)7-2-14/h1-12H,13H2,(H,28,30,32)/b19-11+. The number of anilines is 1. The van der Waals surface area contributed by atoms with Crippen molar-refractivity contribution in [1.29, 1.82) is 0 Å². The van der Waals surface area contributed by atoms with Gasteiger partial charge in [0.15, 0.2) is 0 Å². The van der Waals surface area contributed by atoms with Crippen molar-refractivity contribution in [1.82, 2.24) is 5.32 Å². The molecule has 0 atom stereocenters. The summed E-state index contributed by atoms with van der Waals surface area (Å²) in [4.78, 5) is 38.7. The summed E-state index contributed by atoms with van der Waals surface area (Å²) in [5.41, 5.74) is 1.94. The van der Waals surface area contributed by atoms with Crippen molar-refractivity contribution >= 4 is 90.7 Å². The van der Waals surface area contributed by atoms with E-state index >= 15 is 0 Å². The zero-order chi connectivity index (χ0) is 23.5. The predicted molar refractivity (Wildman–Crippen MR) is 146 cm³/mol. The van der Waals surface area contributed by atoms with Gasteiger partial charge in [-0.1, -0.05) is 34.1 Å². The molecule has 3 aromatic carbocycles. The molecule has 0 unspecified atom stereocenters. The van der Waals surface area contributed by atoms with E-state index in [1.54, 1.807) is 36.4 Å². The zero-order valence-corrected chi connectivity index (χ0v) is 22.8. The fourth-order valence-electron chi connectivity index (χ4n) is 3.11. The maximum atomic E-state index is 13.0. The molecule has 0 saturated carbocycles. The number of imide groups is 2. The van der Waals surface area contributed by atoms with Crippen molar-refractivity contribution in [2.75, 3.05) is 4.90 Å². The second-order valence-electron chi connectivity index (χ2n) is 7.04. The van der Waals surface area contributed by atoms with Crippen LogP contribution in [0.5, 0.6) is 5.75 Å². The molecule has 33 heavy (non-hydrogen) atoms. The highest BCUT2D eigenvalue weighted by Gasteiger charge is 2.36. The van der Waals surface area contributed by atoms with E-state index in [4.69, 9.17) is 4.74 Å². The smallest absolute Gasteiger partial charge is 0.335 e. The Kier molecular flexibility index (Phi) is 7.49. The van der Waals surface area contributed by atoms with Gasteiger partial charge in [-0.2, -0.15) is 0 Å². The van der Waals surface area contributed by atoms with Crippen molar-refractivity contribution in [3.05, 3.63) is 95.0 Å². The highest BCUT2D eigenvalue weighted by molar-refractivity contribution is 14.1. The third kappa shape index (κ3) is 5.64. The quantitative estimate of drug-likeness (QED) is 0.202. The Morgan fingerprint density at radius 2 is 1.64 bits per heavy atom. The number of nitrogens with zero attached hydrogens (tertiary/aromatic N) is 1. The predicted octanol–water partition coefficient (Wildman–Crippen LogP) is 5.90. The van der Waals surface area contributed by atoms with Gasteiger partial charge in [-0.25, -0.2) is 9.69 Å². The van der Waals surface area contributed by atoms with Gasteiger partial charge in [0.05, 0.1) is 9.26 Å². The van der Waals surface area contributed by atoms with Crippen molar-refractivity contribution in [2.45, 2.75) is 6.61 Å². The van der Waals surface area contributed by atoms with Crippen molar-refractivity contribution < 1.29 is 19.1 Å². The van der Waals surface area contributed by atoms with E-state index in [2.05, 4.69) is 66.4 Å². The molecule has 9 heteroatoms. The molecule has 1 fully saturated rings. The van der Waals surface area contributed by atoms with E-state index in [0.717, 1.165) is 22.1 Å². The molecule has 1 N–H and O–H groups in total. The van der Waals surface area contributed by atoms with E-state index in [0.29, 0.717) is 23.6 Å². The molecule has 0 radical (unpaired) electrons. The Morgan fingerprint density at radius 3 is 2.30 bits per heavy atom. The number of amides is 4. The van der Waals surface area contributed by atoms with Gasteiger partial charge < -0.3 is 4.74 Å². The molecule has 1 saturated heterocycles. The first-order valence-corrected chi connectivity index (χ1v) is 12.6. The molecule has 3 aromatic rings. The fourth-order valence-corrected chi connectivity index (χ4v) is 4.43. The van der Waals surface area contributed by atoms with Gasteiger partial charge >= 0.3 is 6.03 Å². The van der Waals surface area contributed by atoms with Gasteiger partial charge in [0.1, 0.15) is 17.9 Å². The number of halogens is 3. The van der Waals surface area contributed by atoms with Gasteiger partial charge in [-0.05, 0) is 111 Å². The molecule has 1 aliphatic rings. The number of benzene rings is 3. The summed E-state index contributed by atoms with van der Waals surface area (Å²) in [5, 5.41) is 2.23. The molecule has 0 bridgehead atoms. The zero-order valence-electron chi connectivity index (χ0n) is 16.8. The number of carbonyl (C=O) groups is 3. The van der Waals surface area contributed by atoms with Crippen LogP contribution in [0.1, 0.15) is 11.1 Å². The van der Waals surface area contributed by atoms with Gasteiger partial charge in [0, 0.05) is 8.04 Å². The monoisotopic (exact) mass is 728 g/mol. The third-order valence-corrected chi connectivity index (χ3v) is 6.85. The summed E-state index contributed by atoms with van der Waals surface area (Å²) in [6, 6.07) is 19.3. The van der Waals surface area contributed by atoms with E-state index in [9.17, 15) is 14.4 Å². The summed E-state index contributed by atoms with van der Waals surface area (Å²) >= 11 is 7.73. The molecular weight excluding hydrogens is 714 g/mol. The van der Waals surface area contributed by atoms with Crippen LogP contribution in [0.2, 0.25) is 0 Å². The van der Waals surface area contributed by atoms with Crippen LogP contribution in [0, 0.1) is 7.14 Å². The normalized spacial score (nSPS) is 15.1. The summed E-state index contributed by atoms with van der Waals surface area (Å²) in [6.45, 7) is 0.429. The SMILES string of the molecule is O=C1NC(=O)N(c2ccc(Br)cc2)C(=O)/C1=C/c1ccc(OCc2ccc(I)cc2)c(I)c1. The molecule has 1 heterocycles. The lowest BCUT2D eigenvalue weighted by atomic mass is 10.1. The second kappa shape index (κ2) is 10.3. The van der Waals surface area contributed by atoms with E-state index in [1.165, 1.54) is 6.08 Å². The molecule has 0 aromatic heterocycles. The first-order chi connectivity index (χ1) is 15.8. The van der Waals surface area contributed by atoms with Crippen LogP contribution >= 0.6 is 61.1 Å². The van der Waals surface area contributed by atoms with Crippen molar-refractivity contribution in [3.8, 4) is 5.75 Å². The minimum absolute atomic E-state index is 0.124. The van der Waals surface area contributed by atoms with Crippen LogP contribution in [-0.4, -0.2) is 17.8 Å². The molecule has 166 valence electrons. The molecule has 4 rings (SSSR count). The molecular formula is C24H15BrI2N2O4. The van der Waals surface area contributed by atoms with Crippen LogP contribution in [0.3, 0.4) is 0 Å². The molecule has 0 aliphatic carbocycles. The maximum absolute atomic E-state index is 13.0. The molecule has 4 amide bonds. The highest BCUT2D eigenvalue weighted by Crippen LogP contribution is 2.27. The number of rotatable bonds is 5. The van der Waals surface area contributed by atoms with Crippen LogP contribution in [0.25, 0.3) is 6.08 Å². The Morgan fingerprint density at radius 1 is 0.939 bits per heavy atom. The molecule has 0 spiro atoms. The summed E-state index contributed by atoms with van der Waals surface area (Å²) in [5.74, 6) is -0.713. The lowest BCUT2D eigenvalue weighted by molar-refractivity contribution is -0.122. The number of carbonyl (C=O) groups excluding carboxylic acids is 3. The van der Waals surface area contributed by atoms with Gasteiger partial charge in [-0.15, -0.1) is 0 Å². The van der Waals surface area contributed by atoms with E-state index in [-0.39, 0.29) is 5.57 Å². The number of nitrogens with one attached hydrogen (secondary N) is 1. The Bertz CT molecular complexity index is 1270. The van der Waals surface area contributed by atoms with Gasteiger partial charge in [0.25, 0.3) is 11.8 Å². The Labute approximate surface area is 225 Å². The fraction of sp³-hybridized carbons (Fsp3) is 0.0417. The van der Waals surface area contributed by atoms with Crippen LogP contribution in [0.15, 0.2) is 76.8 Å². The van der Waals surface area contributed by atoms with Crippen LogP contribution in [0.4, 0.5) is 10.5 Å². The minimum atomic E-state index is -0.779. The number of barbiturate groups is 1. The molecule has 1 aliphatic heterocycles. The Balaban J connectivity index is 1.55. The summed E-state index contributed by atoms with van der Waals surface area (Å²) in [6.07, 6.45) is 1.47. The average molecular weight is 729 g/mol. The van der Waals surface area contributed by atoms with E-state index < -0.39 is 17.8 Å². The van der Waals surface area contributed by atoms with Gasteiger partial charge in [-0.3, -0.25) is 14.9 Å². The topological polar surface area (TPSA) is 75.7 Å². The third-order valence-electron chi connectivity index (χ3n) is 4.76. The van der Waals surface area contributed by atoms with Gasteiger partial charge in [0.2, 0.25) is 0 Å². The maximum Gasteiger partial charge on any atom is 0.335 e. The largest absolute Gasteiger partial charge is 0.488 e. The van der Waals surface area contributed by atoms with Crippen LogP contribution < -0.4 is 15.0 Å². The highest BCUT2D eigenvalue weighted by atomic mass is 127. The van der Waals surface area contributed by atoms with Crippen molar-refractivity contribution in [2.24, 2.45) is 0 Å². The lowest BCUT2D eigenvalue weighted by Gasteiger charge is -2.26. The Hall–Kier alpha value is -2.25. The molecule has 6 nitrogen and oxygen atoms in total. The number of urea groups is 1. The summed E-state index contributed by atoms with van der Waals surface area (Å²) < 4.78 is 8.71. The first-order valence-electron chi connectivity index (χ1n) is 9.65. The first kappa shape index (κ1) is 23.9. The lowest BCUT2D eigenvalue weighted by Crippen LogP contribution is -2.54. The number of hydrogen-bond donors (Lipinski definition) is 1. The average Bonchev–Trinajstić information content (AvgIpc) is 2.78. The van der Waals surface area contributed by atoms with Crippen LogP contribution in [-0.2, 0) is 16.2 Å². The summed E-state index contributed by atoms with van der Waals surface area (Å²) in [7, 11) is 0. The number of ether oxygens (including phenoxy) is 1. The van der Waals surface area contributed by atoms with Crippen molar-refractivity contribution in [3.63, 3.8) is 0 Å². The minimum Gasteiger partial charge on any atom is -0.488 e.